The van der Waals surface area contributed by atoms with Gasteiger partial charge in [0.2, 0.25) is 0 Å². The van der Waals surface area contributed by atoms with Crippen molar-refractivity contribution < 1.29 is 28.8 Å². The summed E-state index contributed by atoms with van der Waals surface area (Å²) in [5.41, 5.74) is 3.25. The molecular weight excluding hydrogens is 494 g/mol. The minimum absolute atomic E-state index is 0.164. The number of ether oxygens (including phenoxy) is 4. The maximum Gasteiger partial charge on any atom is 0.341 e. The molecule has 0 unspecified atom stereocenters. The number of phenolic OH excluding ortho intramolecular Hbond substituents is 1. The molecule has 39 heavy (non-hydrogen) atoms. The first-order chi connectivity index (χ1) is 19.0. The number of phenols is 1. The van der Waals surface area contributed by atoms with Crippen LogP contribution < -0.4 is 14.2 Å². The van der Waals surface area contributed by atoms with Crippen LogP contribution in [0.5, 0.6) is 28.7 Å². The summed E-state index contributed by atoms with van der Waals surface area (Å²) in [5, 5.41) is 10.3. The Morgan fingerprint density at radius 1 is 0.821 bits per heavy atom. The zero-order valence-corrected chi connectivity index (χ0v) is 22.7. The second-order valence-electron chi connectivity index (χ2n) is 9.01. The number of rotatable bonds is 13. The molecule has 1 N–H and O–H groups in total. The number of carbonyl (C=O) groups excluding carboxylic acids is 1. The number of para-hydroxylation sites is 1. The average molecular weight is 530 g/mol. The topological polar surface area (TPSA) is 79.1 Å². The van der Waals surface area contributed by atoms with Crippen molar-refractivity contribution in [3.8, 4) is 34.4 Å². The van der Waals surface area contributed by atoms with E-state index >= 15 is 0 Å². The summed E-state index contributed by atoms with van der Waals surface area (Å²) >= 11 is 0. The molecule has 0 atom stereocenters. The van der Waals surface area contributed by atoms with Crippen LogP contribution in [0, 0.1) is 0 Å². The van der Waals surface area contributed by atoms with E-state index in [-0.39, 0.29) is 5.75 Å². The lowest BCUT2D eigenvalue weighted by Crippen LogP contribution is -2.09. The number of esters is 1. The third kappa shape index (κ3) is 6.74. The van der Waals surface area contributed by atoms with Gasteiger partial charge in [-0.3, -0.25) is 0 Å². The Morgan fingerprint density at radius 2 is 1.51 bits per heavy atom. The number of carbonyl (C=O) groups is 1. The fourth-order valence-corrected chi connectivity index (χ4v) is 4.47. The molecule has 0 aliphatic heterocycles. The van der Waals surface area contributed by atoms with E-state index in [2.05, 4.69) is 13.8 Å². The molecule has 0 spiro atoms. The molecule has 0 saturated heterocycles. The van der Waals surface area contributed by atoms with Gasteiger partial charge in [-0.1, -0.05) is 38.5 Å². The number of nitrogens with zero attached hydrogens (tertiary/aromatic N) is 1. The van der Waals surface area contributed by atoms with Crippen LogP contribution in [0.1, 0.15) is 48.2 Å². The standard InChI is InChI=1S/C32H35NO6/c1-4-12-25-28(15-10-16-29(25)39-30-14-7-6-13-26(30)32(35)36-3)37-19-11-20-38-31-22-23(34)21-27(24(31)5-2)33-17-8-9-18-33/h6-10,13-18,21-22,34H,4-5,11-12,19-20H2,1-3H3. The second-order valence-corrected chi connectivity index (χ2v) is 9.01. The van der Waals surface area contributed by atoms with Gasteiger partial charge in [0.25, 0.3) is 0 Å². The molecule has 3 aromatic carbocycles. The molecule has 0 radical (unpaired) electrons. The Balaban J connectivity index is 1.42. The van der Waals surface area contributed by atoms with Gasteiger partial charge in [0, 0.05) is 42.1 Å². The van der Waals surface area contributed by atoms with Crippen molar-refractivity contribution in [2.45, 2.75) is 39.5 Å². The lowest BCUT2D eigenvalue weighted by molar-refractivity contribution is 0.0598. The van der Waals surface area contributed by atoms with Crippen molar-refractivity contribution in [3.05, 3.63) is 95.8 Å². The summed E-state index contributed by atoms with van der Waals surface area (Å²) in [6.45, 7) is 5.06. The summed E-state index contributed by atoms with van der Waals surface area (Å²) in [6, 6.07) is 20.0. The summed E-state index contributed by atoms with van der Waals surface area (Å²) in [4.78, 5) is 12.2. The summed E-state index contributed by atoms with van der Waals surface area (Å²) in [5.74, 6) is 2.21. The van der Waals surface area contributed by atoms with Crippen LogP contribution >= 0.6 is 0 Å². The first-order valence-corrected chi connectivity index (χ1v) is 13.3. The molecule has 0 amide bonds. The van der Waals surface area contributed by atoms with Crippen molar-refractivity contribution in [2.24, 2.45) is 0 Å². The van der Waals surface area contributed by atoms with Crippen LogP contribution in [0.15, 0.2) is 79.1 Å². The molecule has 204 valence electrons. The lowest BCUT2D eigenvalue weighted by atomic mass is 10.1. The molecule has 0 bridgehead atoms. The number of methoxy groups -OCH3 is 1. The zero-order valence-electron chi connectivity index (χ0n) is 22.7. The molecule has 7 heteroatoms. The largest absolute Gasteiger partial charge is 0.508 e. The Hall–Kier alpha value is -4.39. The molecular formula is C32H35NO6. The second kappa shape index (κ2) is 13.4. The maximum absolute atomic E-state index is 12.2. The minimum atomic E-state index is -0.450. The van der Waals surface area contributed by atoms with Crippen LogP contribution in [0.2, 0.25) is 0 Å². The molecule has 4 rings (SSSR count). The van der Waals surface area contributed by atoms with E-state index < -0.39 is 5.97 Å². The molecule has 7 nitrogen and oxygen atoms in total. The lowest BCUT2D eigenvalue weighted by Gasteiger charge is -2.18. The Morgan fingerprint density at radius 3 is 2.23 bits per heavy atom. The fourth-order valence-electron chi connectivity index (χ4n) is 4.47. The van der Waals surface area contributed by atoms with Gasteiger partial charge < -0.3 is 28.6 Å². The van der Waals surface area contributed by atoms with Crippen LogP contribution in [-0.4, -0.2) is 36.0 Å². The number of benzene rings is 3. The highest BCUT2D eigenvalue weighted by Gasteiger charge is 2.17. The third-order valence-corrected chi connectivity index (χ3v) is 6.31. The molecule has 0 fully saturated rings. The normalized spacial score (nSPS) is 10.7. The van der Waals surface area contributed by atoms with Crippen LogP contribution in [-0.2, 0) is 17.6 Å². The molecule has 0 aliphatic carbocycles. The van der Waals surface area contributed by atoms with Gasteiger partial charge in [-0.05, 0) is 49.2 Å². The SMILES string of the molecule is CCCc1c(OCCCOc2cc(O)cc(-n3cccc3)c2CC)cccc1Oc1ccccc1C(=O)OC. The Kier molecular flexibility index (Phi) is 9.51. The maximum atomic E-state index is 12.2. The van der Waals surface area contributed by atoms with Crippen molar-refractivity contribution in [1.82, 2.24) is 4.57 Å². The van der Waals surface area contributed by atoms with E-state index in [0.717, 1.165) is 41.8 Å². The molecule has 1 heterocycles. The number of hydrogen-bond donors (Lipinski definition) is 1. The van der Waals surface area contributed by atoms with Crippen molar-refractivity contribution in [1.29, 1.82) is 0 Å². The molecule has 4 aromatic rings. The monoisotopic (exact) mass is 529 g/mol. The minimum Gasteiger partial charge on any atom is -0.508 e. The number of aromatic nitrogens is 1. The molecule has 0 aliphatic rings. The first kappa shape index (κ1) is 27.6. The summed E-state index contributed by atoms with van der Waals surface area (Å²) in [7, 11) is 1.35. The average Bonchev–Trinajstić information content (AvgIpc) is 3.49. The quantitative estimate of drug-likeness (QED) is 0.147. The predicted octanol–water partition coefficient (Wildman–Crippen LogP) is 7.12. The van der Waals surface area contributed by atoms with Gasteiger partial charge >= 0.3 is 5.97 Å². The highest BCUT2D eigenvalue weighted by Crippen LogP contribution is 2.35. The van der Waals surface area contributed by atoms with Gasteiger partial charge in [0.15, 0.2) is 0 Å². The predicted molar refractivity (Wildman–Crippen MR) is 151 cm³/mol. The van der Waals surface area contributed by atoms with E-state index in [0.29, 0.717) is 42.4 Å². The summed E-state index contributed by atoms with van der Waals surface area (Å²) < 4.78 is 25.3. The van der Waals surface area contributed by atoms with Crippen LogP contribution in [0.4, 0.5) is 0 Å². The van der Waals surface area contributed by atoms with Crippen LogP contribution in [0.3, 0.4) is 0 Å². The van der Waals surface area contributed by atoms with Gasteiger partial charge in [-0.2, -0.15) is 0 Å². The van der Waals surface area contributed by atoms with Crippen molar-refractivity contribution in [2.75, 3.05) is 20.3 Å². The fraction of sp³-hybridized carbons (Fsp3) is 0.281. The van der Waals surface area contributed by atoms with E-state index in [1.807, 2.05) is 53.4 Å². The molecule has 0 saturated carbocycles. The van der Waals surface area contributed by atoms with Crippen LogP contribution in [0.25, 0.3) is 5.69 Å². The zero-order chi connectivity index (χ0) is 27.6. The Bertz CT molecular complexity index is 1380. The Labute approximate surface area is 229 Å². The third-order valence-electron chi connectivity index (χ3n) is 6.31. The molecule has 1 aromatic heterocycles. The smallest absolute Gasteiger partial charge is 0.341 e. The van der Waals surface area contributed by atoms with Crippen molar-refractivity contribution >= 4 is 5.97 Å². The first-order valence-electron chi connectivity index (χ1n) is 13.3. The number of hydrogen-bond acceptors (Lipinski definition) is 6. The van der Waals surface area contributed by atoms with Crippen molar-refractivity contribution in [3.63, 3.8) is 0 Å². The highest BCUT2D eigenvalue weighted by atomic mass is 16.5. The highest BCUT2D eigenvalue weighted by molar-refractivity contribution is 5.92. The summed E-state index contributed by atoms with van der Waals surface area (Å²) in [6.07, 6.45) is 6.98. The van der Waals surface area contributed by atoms with Gasteiger partial charge in [-0.25, -0.2) is 4.79 Å². The van der Waals surface area contributed by atoms with E-state index in [4.69, 9.17) is 18.9 Å². The van der Waals surface area contributed by atoms with E-state index in [1.54, 1.807) is 30.3 Å². The van der Waals surface area contributed by atoms with Gasteiger partial charge in [0.1, 0.15) is 34.3 Å². The van der Waals surface area contributed by atoms with Gasteiger partial charge in [0.05, 0.1) is 26.0 Å². The number of aromatic hydroxyl groups is 1. The van der Waals surface area contributed by atoms with E-state index in [1.165, 1.54) is 7.11 Å². The van der Waals surface area contributed by atoms with E-state index in [9.17, 15) is 9.90 Å². The van der Waals surface area contributed by atoms with Gasteiger partial charge in [-0.15, -0.1) is 0 Å².